The number of hydrogen-bond donors (Lipinski definition) is 1. The number of carbonyl (C=O) groups excluding carboxylic acids is 1. The van der Waals surface area contributed by atoms with E-state index in [1.54, 1.807) is 29.5 Å². The zero-order chi connectivity index (χ0) is 22.0. The van der Waals surface area contributed by atoms with Crippen molar-refractivity contribution in [3.8, 4) is 11.8 Å². The van der Waals surface area contributed by atoms with Gasteiger partial charge in [-0.25, -0.2) is 4.98 Å². The number of hydrogen-bond acceptors (Lipinski definition) is 8. The third-order valence-electron chi connectivity index (χ3n) is 4.43. The molecule has 0 aromatic carbocycles. The molecule has 7 nitrogen and oxygen atoms in total. The molecule has 0 fully saturated rings. The Morgan fingerprint density at radius 1 is 1.32 bits per heavy atom. The molecule has 0 bridgehead atoms. The fourth-order valence-corrected chi connectivity index (χ4v) is 4.57. The summed E-state index contributed by atoms with van der Waals surface area (Å²) in [7, 11) is 0. The summed E-state index contributed by atoms with van der Waals surface area (Å²) in [5, 5.41) is 15.2. The van der Waals surface area contributed by atoms with Gasteiger partial charge in [0.2, 0.25) is 0 Å². The highest BCUT2D eigenvalue weighted by Crippen LogP contribution is 2.31. The predicted octanol–water partition coefficient (Wildman–Crippen LogP) is 4.42. The number of carbonyl (C=O) groups is 1. The number of thioether (sulfide) groups is 1. The molecule has 1 N–H and O–H groups in total. The molecule has 1 aliphatic rings. The first-order chi connectivity index (χ1) is 14.9. The summed E-state index contributed by atoms with van der Waals surface area (Å²) in [5.41, 5.74) is 3.22. The first-order valence-electron chi connectivity index (χ1n) is 9.60. The number of nitrogens with zero attached hydrogens (tertiary/aromatic N) is 4. The number of nitriles is 1. The first kappa shape index (κ1) is 21.0. The fourth-order valence-electron chi connectivity index (χ4n) is 2.93. The van der Waals surface area contributed by atoms with Crippen LogP contribution in [0.15, 0.2) is 39.7 Å². The van der Waals surface area contributed by atoms with Crippen molar-refractivity contribution in [1.29, 1.82) is 5.26 Å². The van der Waals surface area contributed by atoms with Crippen molar-refractivity contribution in [2.75, 3.05) is 0 Å². The van der Waals surface area contributed by atoms with E-state index in [4.69, 9.17) is 4.74 Å². The summed E-state index contributed by atoms with van der Waals surface area (Å²) < 4.78 is 5.84. The number of amidine groups is 1. The summed E-state index contributed by atoms with van der Waals surface area (Å²) in [6, 6.07) is 7.75. The van der Waals surface area contributed by atoms with Crippen molar-refractivity contribution in [2.24, 2.45) is 4.99 Å². The maximum absolute atomic E-state index is 12.4. The normalized spacial score (nSPS) is 14.9. The van der Waals surface area contributed by atoms with Gasteiger partial charge in [-0.05, 0) is 67.8 Å². The lowest BCUT2D eigenvalue weighted by Gasteiger charge is -2.13. The van der Waals surface area contributed by atoms with Gasteiger partial charge in [0.05, 0.1) is 28.8 Å². The summed E-state index contributed by atoms with van der Waals surface area (Å²) in [4.78, 5) is 27.1. The molecular formula is C22H19N5O2S2. The number of aliphatic imine (C=N–C) groups is 1. The smallest absolute Gasteiger partial charge is 0.286 e. The topological polar surface area (TPSA) is 100 Å². The minimum atomic E-state index is -0.306. The van der Waals surface area contributed by atoms with Crippen LogP contribution in [0.2, 0.25) is 0 Å². The second-order valence-electron chi connectivity index (χ2n) is 7.10. The summed E-state index contributed by atoms with van der Waals surface area (Å²) >= 11 is 2.95. The average molecular weight is 450 g/mol. The third kappa shape index (κ3) is 4.60. The number of thiophene rings is 1. The molecule has 0 saturated carbocycles. The average Bonchev–Trinajstić information content (AvgIpc) is 3.31. The van der Waals surface area contributed by atoms with E-state index in [1.165, 1.54) is 28.4 Å². The van der Waals surface area contributed by atoms with Gasteiger partial charge in [-0.1, -0.05) is 0 Å². The Kier molecular flexibility index (Phi) is 6.02. The number of rotatable bonds is 5. The molecule has 0 spiro atoms. The first-order valence-corrected chi connectivity index (χ1v) is 11.3. The van der Waals surface area contributed by atoms with Crippen LogP contribution >= 0.6 is 23.1 Å². The van der Waals surface area contributed by atoms with Gasteiger partial charge in [0.1, 0.15) is 17.1 Å². The van der Waals surface area contributed by atoms with Gasteiger partial charge in [0.25, 0.3) is 5.91 Å². The molecule has 1 amide bonds. The van der Waals surface area contributed by atoms with E-state index in [1.807, 2.05) is 19.2 Å². The molecule has 4 rings (SSSR count). The highest BCUT2D eigenvalue weighted by Gasteiger charge is 2.22. The van der Waals surface area contributed by atoms with E-state index in [0.717, 1.165) is 0 Å². The zero-order valence-electron chi connectivity index (χ0n) is 17.2. The van der Waals surface area contributed by atoms with Gasteiger partial charge in [-0.2, -0.15) is 10.3 Å². The zero-order valence-corrected chi connectivity index (χ0v) is 18.8. The molecule has 1 aliphatic heterocycles. The number of aryl methyl sites for hydroxylation is 1. The maximum Gasteiger partial charge on any atom is 0.286 e. The molecule has 0 atom stereocenters. The van der Waals surface area contributed by atoms with Crippen LogP contribution in [0, 0.1) is 18.3 Å². The Balaban J connectivity index is 1.58. The number of fused-ring (bicyclic) bond motifs is 1. The van der Waals surface area contributed by atoms with E-state index in [0.29, 0.717) is 44.7 Å². The van der Waals surface area contributed by atoms with Gasteiger partial charge < -0.3 is 10.1 Å². The van der Waals surface area contributed by atoms with Gasteiger partial charge in [0.15, 0.2) is 10.9 Å². The van der Waals surface area contributed by atoms with Crippen LogP contribution in [0.1, 0.15) is 35.5 Å². The van der Waals surface area contributed by atoms with Crippen LogP contribution < -0.4 is 10.1 Å². The van der Waals surface area contributed by atoms with E-state index in [9.17, 15) is 10.1 Å². The van der Waals surface area contributed by atoms with E-state index >= 15 is 0 Å². The van der Waals surface area contributed by atoms with E-state index in [2.05, 4.69) is 39.3 Å². The van der Waals surface area contributed by atoms with Gasteiger partial charge in [-0.15, -0.1) is 11.3 Å². The molecule has 0 aliphatic carbocycles. The molecular weight excluding hydrogens is 430 g/mol. The van der Waals surface area contributed by atoms with E-state index < -0.39 is 0 Å². The second-order valence-corrected chi connectivity index (χ2v) is 9.13. The quantitative estimate of drug-likeness (QED) is 0.576. The molecule has 31 heavy (non-hydrogen) atoms. The minimum absolute atomic E-state index is 0.123. The Hall–Kier alpha value is -3.22. The Labute approximate surface area is 187 Å². The molecule has 0 radical (unpaired) electrons. The van der Waals surface area contributed by atoms with Gasteiger partial charge in [-0.3, -0.25) is 9.78 Å². The van der Waals surface area contributed by atoms with Crippen LogP contribution in [-0.2, 0) is 11.3 Å². The Morgan fingerprint density at radius 2 is 2.16 bits per heavy atom. The van der Waals surface area contributed by atoms with Crippen LogP contribution in [0.4, 0.5) is 0 Å². The van der Waals surface area contributed by atoms with Crippen LogP contribution in [-0.4, -0.2) is 27.1 Å². The van der Waals surface area contributed by atoms with Gasteiger partial charge >= 0.3 is 0 Å². The Morgan fingerprint density at radius 3 is 2.87 bits per heavy atom. The lowest BCUT2D eigenvalue weighted by Crippen LogP contribution is -2.17. The second kappa shape index (κ2) is 8.88. The molecule has 3 aromatic heterocycles. The largest absolute Gasteiger partial charge is 0.487 e. The number of nitrogens with one attached hydrogen (secondary N) is 1. The molecule has 0 saturated heterocycles. The summed E-state index contributed by atoms with van der Waals surface area (Å²) in [5.74, 6) is 0.0953. The van der Waals surface area contributed by atoms with Crippen molar-refractivity contribution in [2.45, 2.75) is 33.4 Å². The van der Waals surface area contributed by atoms with Crippen LogP contribution in [0.5, 0.6) is 5.75 Å². The molecule has 0 unspecified atom stereocenters. The van der Waals surface area contributed by atoms with Crippen molar-refractivity contribution >= 4 is 51.3 Å². The van der Waals surface area contributed by atoms with Gasteiger partial charge in [0, 0.05) is 11.1 Å². The van der Waals surface area contributed by atoms with Crippen molar-refractivity contribution in [1.82, 2.24) is 15.3 Å². The highest BCUT2D eigenvalue weighted by atomic mass is 32.2. The summed E-state index contributed by atoms with van der Waals surface area (Å²) in [6.07, 6.45) is 3.05. The monoisotopic (exact) mass is 449 g/mol. The minimum Gasteiger partial charge on any atom is -0.487 e. The molecule has 9 heteroatoms. The standard InChI is InChI=1S/C22H19N5O2S2/c1-12(2)29-20-14(9-23)10-24-16-5-4-15(26-19(16)20)8-17-21(28)27-22(31-17)25-11-18-13(3)6-7-30-18/h4-8,10,12H,11H2,1-3H3,(H,25,27,28)/b17-8-. The third-order valence-corrected chi connectivity index (χ3v) is 6.39. The number of pyridine rings is 2. The fraction of sp³-hybridized carbons (Fsp3) is 0.227. The highest BCUT2D eigenvalue weighted by molar-refractivity contribution is 8.18. The number of amides is 1. The molecule has 156 valence electrons. The predicted molar refractivity (Wildman–Crippen MR) is 124 cm³/mol. The number of aromatic nitrogens is 2. The summed E-state index contributed by atoms with van der Waals surface area (Å²) in [6.45, 7) is 6.46. The van der Waals surface area contributed by atoms with Crippen molar-refractivity contribution in [3.05, 3.63) is 56.4 Å². The van der Waals surface area contributed by atoms with Crippen LogP contribution in [0.3, 0.4) is 0 Å². The lowest BCUT2D eigenvalue weighted by atomic mass is 10.2. The van der Waals surface area contributed by atoms with Crippen molar-refractivity contribution in [3.63, 3.8) is 0 Å². The maximum atomic E-state index is 12.4. The molecule has 4 heterocycles. The SMILES string of the molecule is Cc1ccsc1CNC1=NC(=O)/C(=C/c2ccc3ncc(C#N)c(OC(C)C)c3n2)S1. The lowest BCUT2D eigenvalue weighted by molar-refractivity contribution is -0.113. The number of ether oxygens (including phenoxy) is 1. The van der Waals surface area contributed by atoms with Crippen molar-refractivity contribution < 1.29 is 9.53 Å². The van der Waals surface area contributed by atoms with E-state index in [-0.39, 0.29) is 12.0 Å². The van der Waals surface area contributed by atoms with Crippen LogP contribution in [0.25, 0.3) is 17.1 Å². The Bertz CT molecular complexity index is 1270. The molecule has 3 aromatic rings.